The van der Waals surface area contributed by atoms with Crippen LogP contribution in [-0.4, -0.2) is 13.1 Å². The van der Waals surface area contributed by atoms with E-state index in [0.29, 0.717) is 5.56 Å². The van der Waals surface area contributed by atoms with Crippen molar-refractivity contribution in [3.63, 3.8) is 0 Å². The van der Waals surface area contributed by atoms with Crippen LogP contribution >= 0.6 is 22.6 Å². The second kappa shape index (κ2) is 4.83. The van der Waals surface area contributed by atoms with Gasteiger partial charge in [-0.05, 0) is 54.1 Å². The van der Waals surface area contributed by atoms with E-state index in [0.717, 1.165) is 9.13 Å². The molecule has 0 aliphatic rings. The molecule has 0 fully saturated rings. The number of carbonyl (C=O) groups is 1. The van der Waals surface area contributed by atoms with Crippen LogP contribution in [0.5, 0.6) is 0 Å². The van der Waals surface area contributed by atoms with Gasteiger partial charge in [0, 0.05) is 3.57 Å². The molecule has 0 bridgehead atoms. The molecule has 3 nitrogen and oxygen atoms in total. The van der Waals surface area contributed by atoms with Crippen molar-refractivity contribution in [2.24, 2.45) is 0 Å². The lowest BCUT2D eigenvalue weighted by molar-refractivity contribution is -0.146. The lowest BCUT2D eigenvalue weighted by Crippen LogP contribution is -2.30. The molecule has 1 aromatic carbocycles. The minimum atomic E-state index is -0.692. The van der Waals surface area contributed by atoms with Crippen molar-refractivity contribution in [3.8, 4) is 6.07 Å². The molecule has 0 N–H and O–H groups in total. The Morgan fingerprint density at radius 3 is 2.56 bits per heavy atom. The summed E-state index contributed by atoms with van der Waals surface area (Å²) >= 11 is 2.09. The number of nitriles is 1. The van der Waals surface area contributed by atoms with Crippen LogP contribution in [0, 0.1) is 14.9 Å². The van der Waals surface area contributed by atoms with Crippen LogP contribution in [0.2, 0.25) is 0 Å². The fraction of sp³-hybridized carbons (Fsp3) is 0.333. The SMILES string of the molecule is COC(=O)C(C)(C)c1ccc(C#N)c(I)c1. The monoisotopic (exact) mass is 329 g/mol. The fourth-order valence-electron chi connectivity index (χ4n) is 1.37. The number of rotatable bonds is 2. The van der Waals surface area contributed by atoms with E-state index in [1.807, 2.05) is 6.07 Å². The first-order valence-electron chi connectivity index (χ1n) is 4.72. The van der Waals surface area contributed by atoms with Gasteiger partial charge < -0.3 is 4.74 Å². The maximum atomic E-state index is 11.6. The van der Waals surface area contributed by atoms with Crippen molar-refractivity contribution in [1.82, 2.24) is 0 Å². The van der Waals surface area contributed by atoms with Crippen LogP contribution in [0.25, 0.3) is 0 Å². The van der Waals surface area contributed by atoms with Crippen molar-refractivity contribution >= 4 is 28.6 Å². The quantitative estimate of drug-likeness (QED) is 0.619. The largest absolute Gasteiger partial charge is 0.468 e. The summed E-state index contributed by atoms with van der Waals surface area (Å²) in [6.07, 6.45) is 0. The van der Waals surface area contributed by atoms with Gasteiger partial charge in [-0.2, -0.15) is 5.26 Å². The van der Waals surface area contributed by atoms with Crippen molar-refractivity contribution in [2.75, 3.05) is 7.11 Å². The maximum absolute atomic E-state index is 11.6. The van der Waals surface area contributed by atoms with E-state index in [1.54, 1.807) is 26.0 Å². The van der Waals surface area contributed by atoms with Crippen molar-refractivity contribution < 1.29 is 9.53 Å². The third kappa shape index (κ3) is 2.35. The van der Waals surface area contributed by atoms with Crippen LogP contribution in [0.15, 0.2) is 18.2 Å². The molecule has 0 atom stereocenters. The number of nitrogens with zero attached hydrogens (tertiary/aromatic N) is 1. The molecule has 4 heteroatoms. The van der Waals surface area contributed by atoms with Crippen LogP contribution < -0.4 is 0 Å². The lowest BCUT2D eigenvalue weighted by atomic mass is 9.84. The first-order valence-corrected chi connectivity index (χ1v) is 5.80. The van der Waals surface area contributed by atoms with E-state index in [9.17, 15) is 4.79 Å². The van der Waals surface area contributed by atoms with Gasteiger partial charge in [-0.3, -0.25) is 4.79 Å². The topological polar surface area (TPSA) is 50.1 Å². The summed E-state index contributed by atoms with van der Waals surface area (Å²) in [5.41, 5.74) is 0.774. The minimum absolute atomic E-state index is 0.284. The Bertz CT molecular complexity index is 461. The Kier molecular flexibility index (Phi) is 3.92. The van der Waals surface area contributed by atoms with Gasteiger partial charge in [0.15, 0.2) is 0 Å². The van der Waals surface area contributed by atoms with Crippen LogP contribution in [0.4, 0.5) is 0 Å². The Morgan fingerprint density at radius 1 is 1.50 bits per heavy atom. The highest BCUT2D eigenvalue weighted by Crippen LogP contribution is 2.27. The minimum Gasteiger partial charge on any atom is -0.468 e. The number of carbonyl (C=O) groups excluding carboxylic acids is 1. The molecule has 0 saturated carbocycles. The van der Waals surface area contributed by atoms with Crippen molar-refractivity contribution in [2.45, 2.75) is 19.3 Å². The fourth-order valence-corrected chi connectivity index (χ4v) is 2.00. The Labute approximate surface area is 109 Å². The van der Waals surface area contributed by atoms with Gasteiger partial charge in [-0.15, -0.1) is 0 Å². The number of hydrogen-bond acceptors (Lipinski definition) is 3. The zero-order valence-corrected chi connectivity index (χ0v) is 11.5. The normalized spacial score (nSPS) is 10.7. The molecule has 0 aliphatic heterocycles. The number of methoxy groups -OCH3 is 1. The third-order valence-electron chi connectivity index (χ3n) is 2.51. The molecule has 0 heterocycles. The molecule has 0 unspecified atom stereocenters. The van der Waals surface area contributed by atoms with E-state index in [4.69, 9.17) is 10.00 Å². The number of hydrogen-bond donors (Lipinski definition) is 0. The predicted molar refractivity (Wildman–Crippen MR) is 68.9 cm³/mol. The average Bonchev–Trinajstić information content (AvgIpc) is 2.27. The Balaban J connectivity index is 3.21. The number of esters is 1. The molecule has 0 saturated heterocycles. The molecule has 1 rings (SSSR count). The first-order chi connectivity index (χ1) is 7.43. The molecule has 0 amide bonds. The van der Waals surface area contributed by atoms with Crippen molar-refractivity contribution in [3.05, 3.63) is 32.9 Å². The van der Waals surface area contributed by atoms with Gasteiger partial charge in [0.25, 0.3) is 0 Å². The standard InChI is InChI=1S/C12H12INO2/c1-12(2,11(15)16-3)9-5-4-8(7-14)10(13)6-9/h4-6H,1-3H3. The Morgan fingerprint density at radius 2 is 2.12 bits per heavy atom. The van der Waals surface area contributed by atoms with Crippen LogP contribution in [-0.2, 0) is 14.9 Å². The van der Waals surface area contributed by atoms with Crippen LogP contribution in [0.3, 0.4) is 0 Å². The molecular weight excluding hydrogens is 317 g/mol. The van der Waals surface area contributed by atoms with Gasteiger partial charge in [0.2, 0.25) is 0 Å². The third-order valence-corrected chi connectivity index (χ3v) is 3.40. The predicted octanol–water partition coefficient (Wildman–Crippen LogP) is 2.61. The zero-order chi connectivity index (χ0) is 12.3. The number of benzene rings is 1. The number of halogens is 1. The van der Waals surface area contributed by atoms with E-state index in [2.05, 4.69) is 28.7 Å². The zero-order valence-electron chi connectivity index (χ0n) is 9.37. The first kappa shape index (κ1) is 13.0. The molecule has 1 aromatic rings. The second-order valence-corrected chi connectivity index (χ2v) is 5.09. The molecule has 84 valence electrons. The summed E-state index contributed by atoms with van der Waals surface area (Å²) in [4.78, 5) is 11.6. The molecule has 0 spiro atoms. The summed E-state index contributed by atoms with van der Waals surface area (Å²) in [6, 6.07) is 7.45. The summed E-state index contributed by atoms with van der Waals surface area (Å²) in [6.45, 7) is 3.60. The molecule has 0 aliphatic carbocycles. The Hall–Kier alpha value is -1.09. The second-order valence-electron chi connectivity index (χ2n) is 3.92. The molecule has 16 heavy (non-hydrogen) atoms. The van der Waals surface area contributed by atoms with Gasteiger partial charge in [-0.25, -0.2) is 0 Å². The summed E-state index contributed by atoms with van der Waals surface area (Å²) in [5, 5.41) is 8.82. The van der Waals surface area contributed by atoms with Gasteiger partial charge in [0.1, 0.15) is 6.07 Å². The lowest BCUT2D eigenvalue weighted by Gasteiger charge is -2.22. The van der Waals surface area contributed by atoms with E-state index >= 15 is 0 Å². The molecule has 0 aromatic heterocycles. The van der Waals surface area contributed by atoms with E-state index < -0.39 is 5.41 Å². The van der Waals surface area contributed by atoms with Crippen LogP contribution in [0.1, 0.15) is 25.0 Å². The highest BCUT2D eigenvalue weighted by molar-refractivity contribution is 14.1. The highest BCUT2D eigenvalue weighted by Gasteiger charge is 2.31. The van der Waals surface area contributed by atoms with E-state index in [1.165, 1.54) is 7.11 Å². The number of ether oxygens (including phenoxy) is 1. The summed E-state index contributed by atoms with van der Waals surface area (Å²) in [5.74, 6) is -0.284. The van der Waals surface area contributed by atoms with Gasteiger partial charge >= 0.3 is 5.97 Å². The van der Waals surface area contributed by atoms with Crippen molar-refractivity contribution in [1.29, 1.82) is 5.26 Å². The molecule has 0 radical (unpaired) electrons. The summed E-state index contributed by atoms with van der Waals surface area (Å²) in [7, 11) is 1.37. The van der Waals surface area contributed by atoms with Gasteiger partial charge in [0.05, 0.1) is 18.1 Å². The summed E-state index contributed by atoms with van der Waals surface area (Å²) < 4.78 is 5.60. The van der Waals surface area contributed by atoms with Gasteiger partial charge in [-0.1, -0.05) is 6.07 Å². The maximum Gasteiger partial charge on any atom is 0.315 e. The molecular formula is C12H12INO2. The average molecular weight is 329 g/mol. The van der Waals surface area contributed by atoms with E-state index in [-0.39, 0.29) is 5.97 Å². The highest BCUT2D eigenvalue weighted by atomic mass is 127. The smallest absolute Gasteiger partial charge is 0.315 e.